The highest BCUT2D eigenvalue weighted by Crippen LogP contribution is 2.19. The lowest BCUT2D eigenvalue weighted by molar-refractivity contribution is -0.0212. The molecule has 72 valence electrons. The van der Waals surface area contributed by atoms with E-state index in [1.165, 1.54) is 0 Å². The molecule has 3 nitrogen and oxygen atoms in total. The molecule has 1 aliphatic rings. The summed E-state index contributed by atoms with van der Waals surface area (Å²) < 4.78 is 4.99. The van der Waals surface area contributed by atoms with Crippen LogP contribution in [0.3, 0.4) is 0 Å². The zero-order chi connectivity index (χ0) is 9.03. The molecule has 1 fully saturated rings. The quantitative estimate of drug-likeness (QED) is 0.674. The molecule has 0 amide bonds. The fourth-order valence-electron chi connectivity index (χ4n) is 1.73. The molecule has 0 radical (unpaired) electrons. The van der Waals surface area contributed by atoms with Gasteiger partial charge in [0.1, 0.15) is 0 Å². The fourth-order valence-corrected chi connectivity index (χ4v) is 1.73. The summed E-state index contributed by atoms with van der Waals surface area (Å²) in [4.78, 5) is 2.26. The van der Waals surface area contributed by atoms with Crippen LogP contribution in [0.4, 0.5) is 0 Å². The van der Waals surface area contributed by atoms with Gasteiger partial charge in [-0.2, -0.15) is 0 Å². The Kier molecular flexibility index (Phi) is 3.50. The summed E-state index contributed by atoms with van der Waals surface area (Å²) in [6.45, 7) is 5.49. The Morgan fingerprint density at radius 2 is 2.33 bits per heavy atom. The van der Waals surface area contributed by atoms with Crippen LogP contribution in [0.2, 0.25) is 0 Å². The van der Waals surface area contributed by atoms with Crippen LogP contribution in [0.1, 0.15) is 19.8 Å². The molecule has 1 heterocycles. The molecule has 1 unspecified atom stereocenters. The smallest absolute Gasteiger partial charge is 0.0746 e. The van der Waals surface area contributed by atoms with Gasteiger partial charge in [-0.05, 0) is 26.3 Å². The number of rotatable bonds is 3. The van der Waals surface area contributed by atoms with Crippen LogP contribution in [-0.4, -0.2) is 49.0 Å². The number of nitrogens with zero attached hydrogens (tertiary/aromatic N) is 1. The largest absolute Gasteiger partial charge is 0.389 e. The summed E-state index contributed by atoms with van der Waals surface area (Å²) >= 11 is 0. The third-order valence-electron chi connectivity index (χ3n) is 2.37. The van der Waals surface area contributed by atoms with Crippen LogP contribution in [-0.2, 0) is 4.74 Å². The predicted molar refractivity (Wildman–Crippen MR) is 48.2 cm³/mol. The highest BCUT2D eigenvalue weighted by Gasteiger charge is 2.27. The van der Waals surface area contributed by atoms with Crippen molar-refractivity contribution >= 4 is 0 Å². The lowest BCUT2D eigenvalue weighted by Crippen LogP contribution is -2.46. The Balaban J connectivity index is 2.26. The minimum absolute atomic E-state index is 0.480. The van der Waals surface area contributed by atoms with Crippen LogP contribution in [0.5, 0.6) is 0 Å². The molecule has 1 saturated heterocycles. The normalized spacial score (nSPS) is 32.2. The molecule has 0 aromatic carbocycles. The molecule has 1 atom stereocenters. The molecule has 3 heteroatoms. The molecule has 0 saturated carbocycles. The van der Waals surface area contributed by atoms with E-state index in [1.54, 1.807) is 7.11 Å². The van der Waals surface area contributed by atoms with Gasteiger partial charge in [0.15, 0.2) is 0 Å². The highest BCUT2D eigenvalue weighted by molar-refractivity contribution is 4.82. The monoisotopic (exact) mass is 173 g/mol. The molecular weight excluding hydrogens is 154 g/mol. The first-order valence-electron chi connectivity index (χ1n) is 4.58. The van der Waals surface area contributed by atoms with Crippen molar-refractivity contribution in [3.63, 3.8) is 0 Å². The third kappa shape index (κ3) is 3.09. The van der Waals surface area contributed by atoms with Crippen molar-refractivity contribution in [3.8, 4) is 0 Å². The van der Waals surface area contributed by atoms with E-state index in [1.807, 2.05) is 6.92 Å². The van der Waals surface area contributed by atoms with Crippen LogP contribution in [0.15, 0.2) is 0 Å². The lowest BCUT2D eigenvalue weighted by atomic mass is 9.95. The maximum Gasteiger partial charge on any atom is 0.0746 e. The number of ether oxygens (including phenoxy) is 1. The van der Waals surface area contributed by atoms with Gasteiger partial charge in [-0.15, -0.1) is 0 Å². The molecule has 0 aromatic heterocycles. The Bertz CT molecular complexity index is 136. The van der Waals surface area contributed by atoms with E-state index >= 15 is 0 Å². The first-order chi connectivity index (χ1) is 5.64. The average molecular weight is 173 g/mol. The zero-order valence-electron chi connectivity index (χ0n) is 8.05. The number of methoxy groups -OCH3 is 1. The molecule has 1 N–H and O–H groups in total. The number of likely N-dealkylation sites (tertiary alicyclic amines) is 1. The van der Waals surface area contributed by atoms with E-state index in [-0.39, 0.29) is 0 Å². The van der Waals surface area contributed by atoms with Gasteiger partial charge in [0.05, 0.1) is 12.2 Å². The molecule has 0 bridgehead atoms. The van der Waals surface area contributed by atoms with Crippen molar-refractivity contribution in [1.29, 1.82) is 0 Å². The van der Waals surface area contributed by atoms with E-state index in [2.05, 4.69) is 4.90 Å². The Morgan fingerprint density at radius 1 is 1.58 bits per heavy atom. The minimum atomic E-state index is -0.480. The van der Waals surface area contributed by atoms with Crippen molar-refractivity contribution in [2.24, 2.45) is 0 Å². The molecule has 0 aromatic rings. The summed E-state index contributed by atoms with van der Waals surface area (Å²) in [5.41, 5.74) is -0.480. The summed E-state index contributed by atoms with van der Waals surface area (Å²) in [5.74, 6) is 0. The second-order valence-corrected chi connectivity index (χ2v) is 3.87. The van der Waals surface area contributed by atoms with E-state index in [9.17, 15) is 5.11 Å². The molecule has 12 heavy (non-hydrogen) atoms. The number of β-amino-alcohol motifs (C(OH)–C–C–N with tert-alkyl or cyclic N) is 1. The van der Waals surface area contributed by atoms with E-state index in [4.69, 9.17) is 4.74 Å². The zero-order valence-corrected chi connectivity index (χ0v) is 8.05. The van der Waals surface area contributed by atoms with E-state index in [0.29, 0.717) is 0 Å². The number of piperidine rings is 1. The van der Waals surface area contributed by atoms with Gasteiger partial charge >= 0.3 is 0 Å². The van der Waals surface area contributed by atoms with Crippen LogP contribution in [0, 0.1) is 0 Å². The Hall–Kier alpha value is -0.120. The van der Waals surface area contributed by atoms with Gasteiger partial charge in [-0.3, -0.25) is 4.90 Å². The second kappa shape index (κ2) is 4.21. The maximum absolute atomic E-state index is 9.76. The standard InChI is InChI=1S/C9H19NO2/c1-9(11)4-3-5-10(8-9)6-7-12-2/h11H,3-8H2,1-2H3. The Morgan fingerprint density at radius 3 is 2.92 bits per heavy atom. The highest BCUT2D eigenvalue weighted by atomic mass is 16.5. The molecule has 0 spiro atoms. The van der Waals surface area contributed by atoms with Gasteiger partial charge in [0.25, 0.3) is 0 Å². The topological polar surface area (TPSA) is 32.7 Å². The van der Waals surface area contributed by atoms with Crippen molar-refractivity contribution in [1.82, 2.24) is 4.90 Å². The van der Waals surface area contributed by atoms with Crippen molar-refractivity contribution in [2.75, 3.05) is 33.4 Å². The number of hydrogen-bond donors (Lipinski definition) is 1. The van der Waals surface area contributed by atoms with Crippen LogP contribution < -0.4 is 0 Å². The molecule has 1 aliphatic heterocycles. The van der Waals surface area contributed by atoms with Gasteiger partial charge in [0, 0.05) is 20.2 Å². The van der Waals surface area contributed by atoms with Crippen LogP contribution >= 0.6 is 0 Å². The van der Waals surface area contributed by atoms with Crippen molar-refractivity contribution in [2.45, 2.75) is 25.4 Å². The first kappa shape index (κ1) is 9.96. The summed E-state index contributed by atoms with van der Waals surface area (Å²) in [7, 11) is 1.71. The van der Waals surface area contributed by atoms with Crippen LogP contribution in [0.25, 0.3) is 0 Å². The molecule has 1 rings (SSSR count). The first-order valence-corrected chi connectivity index (χ1v) is 4.58. The average Bonchev–Trinajstić information content (AvgIpc) is 1.99. The van der Waals surface area contributed by atoms with Gasteiger partial charge in [-0.1, -0.05) is 0 Å². The Labute approximate surface area is 74.3 Å². The molecule has 0 aliphatic carbocycles. The van der Waals surface area contributed by atoms with Crippen molar-refractivity contribution in [3.05, 3.63) is 0 Å². The molecular formula is C9H19NO2. The maximum atomic E-state index is 9.76. The minimum Gasteiger partial charge on any atom is -0.389 e. The lowest BCUT2D eigenvalue weighted by Gasteiger charge is -2.36. The number of hydrogen-bond acceptors (Lipinski definition) is 3. The van der Waals surface area contributed by atoms with Gasteiger partial charge in [0.2, 0.25) is 0 Å². The summed E-state index contributed by atoms with van der Waals surface area (Å²) in [5, 5.41) is 9.76. The predicted octanol–water partition coefficient (Wildman–Crippen LogP) is 0.480. The number of aliphatic hydroxyl groups is 1. The van der Waals surface area contributed by atoms with E-state index in [0.717, 1.165) is 39.1 Å². The third-order valence-corrected chi connectivity index (χ3v) is 2.37. The SMILES string of the molecule is COCCN1CCCC(C)(O)C1. The van der Waals surface area contributed by atoms with Gasteiger partial charge in [-0.25, -0.2) is 0 Å². The fraction of sp³-hybridized carbons (Fsp3) is 1.00. The summed E-state index contributed by atoms with van der Waals surface area (Å²) in [6.07, 6.45) is 2.02. The van der Waals surface area contributed by atoms with E-state index < -0.39 is 5.60 Å². The van der Waals surface area contributed by atoms with Gasteiger partial charge < -0.3 is 9.84 Å². The van der Waals surface area contributed by atoms with Crippen molar-refractivity contribution < 1.29 is 9.84 Å². The summed E-state index contributed by atoms with van der Waals surface area (Å²) in [6, 6.07) is 0. The second-order valence-electron chi connectivity index (χ2n) is 3.87.